The van der Waals surface area contributed by atoms with Crippen molar-refractivity contribution < 1.29 is 14.3 Å². The average Bonchev–Trinajstić information content (AvgIpc) is 3.15. The Kier molecular flexibility index (Phi) is 4.54. The molecule has 116 valence electrons. The van der Waals surface area contributed by atoms with E-state index in [1.54, 1.807) is 6.07 Å². The van der Waals surface area contributed by atoms with Gasteiger partial charge >= 0.3 is 5.97 Å². The molecule has 5 nitrogen and oxygen atoms in total. The van der Waals surface area contributed by atoms with Gasteiger partial charge in [0.1, 0.15) is 0 Å². The minimum Gasteiger partial charge on any atom is -0.466 e. The summed E-state index contributed by atoms with van der Waals surface area (Å²) in [5.41, 5.74) is 0.993. The van der Waals surface area contributed by atoms with E-state index in [2.05, 4.69) is 10.3 Å². The highest BCUT2D eigenvalue weighted by Gasteiger charge is 2.28. The van der Waals surface area contributed by atoms with Gasteiger partial charge in [0.2, 0.25) is 0 Å². The van der Waals surface area contributed by atoms with E-state index >= 15 is 0 Å². The van der Waals surface area contributed by atoms with E-state index in [0.29, 0.717) is 23.0 Å². The van der Waals surface area contributed by atoms with Crippen LogP contribution < -0.4 is 5.32 Å². The van der Waals surface area contributed by atoms with Crippen molar-refractivity contribution in [1.29, 1.82) is 0 Å². The first-order valence-corrected chi connectivity index (χ1v) is 8.87. The number of nitrogens with zero attached hydrogens (tertiary/aromatic N) is 1. The molecule has 0 saturated carbocycles. The van der Waals surface area contributed by atoms with Crippen molar-refractivity contribution in [1.82, 2.24) is 4.98 Å². The molecule has 7 heteroatoms. The number of carbonyl (C=O) groups is 2. The zero-order valence-corrected chi connectivity index (χ0v) is 13.8. The third-order valence-corrected chi connectivity index (χ3v) is 5.43. The van der Waals surface area contributed by atoms with Crippen molar-refractivity contribution in [3.05, 3.63) is 33.0 Å². The number of ether oxygens (including phenoxy) is 1. The summed E-state index contributed by atoms with van der Waals surface area (Å²) in [5.74, 6) is -0.359. The molecule has 0 spiro atoms. The lowest BCUT2D eigenvalue weighted by Gasteiger charge is -2.18. The second-order valence-electron chi connectivity index (χ2n) is 5.01. The molecule has 0 bridgehead atoms. The summed E-state index contributed by atoms with van der Waals surface area (Å²) in [6, 6.07) is 3.63. The summed E-state index contributed by atoms with van der Waals surface area (Å²) < 4.78 is 5.09. The van der Waals surface area contributed by atoms with Crippen LogP contribution in [-0.2, 0) is 22.4 Å². The van der Waals surface area contributed by atoms with Gasteiger partial charge in [0, 0.05) is 4.88 Å². The normalized spacial score (nSPS) is 16.9. The van der Waals surface area contributed by atoms with E-state index in [9.17, 15) is 9.59 Å². The third kappa shape index (κ3) is 3.20. The highest BCUT2D eigenvalue weighted by molar-refractivity contribution is 7.16. The van der Waals surface area contributed by atoms with Crippen LogP contribution in [0.15, 0.2) is 17.5 Å². The third-order valence-electron chi connectivity index (χ3n) is 3.53. The van der Waals surface area contributed by atoms with Crippen molar-refractivity contribution in [3.8, 4) is 0 Å². The predicted octanol–water partition coefficient (Wildman–Crippen LogP) is 3.12. The molecule has 2 aromatic heterocycles. The van der Waals surface area contributed by atoms with Gasteiger partial charge in [-0.3, -0.25) is 14.9 Å². The summed E-state index contributed by atoms with van der Waals surface area (Å²) in [4.78, 5) is 30.1. The van der Waals surface area contributed by atoms with Gasteiger partial charge in [-0.1, -0.05) is 6.07 Å². The Hall–Kier alpha value is -1.73. The fraction of sp³-hybridized carbons (Fsp3) is 0.400. The quantitative estimate of drug-likeness (QED) is 0.871. The second kappa shape index (κ2) is 6.58. The monoisotopic (exact) mass is 336 g/mol. The zero-order valence-electron chi connectivity index (χ0n) is 12.1. The lowest BCUT2D eigenvalue weighted by molar-refractivity contribution is -0.148. The average molecular weight is 336 g/mol. The molecule has 0 fully saturated rings. The first kappa shape index (κ1) is 15.2. The standard InChI is InChI=1S/C15H16N2O3S2/c1-2-20-14(19)9-5-6-10-12(8-9)22-15(16-10)17-13(18)11-4-3-7-21-11/h3-4,7,9H,2,5-6,8H2,1H3,(H,16,17,18). The first-order chi connectivity index (χ1) is 10.7. The van der Waals surface area contributed by atoms with E-state index in [1.807, 2.05) is 18.4 Å². The summed E-state index contributed by atoms with van der Waals surface area (Å²) in [6.45, 7) is 2.23. The molecular weight excluding hydrogens is 320 g/mol. The summed E-state index contributed by atoms with van der Waals surface area (Å²) >= 11 is 2.85. The highest BCUT2D eigenvalue weighted by atomic mass is 32.1. The number of hydrogen-bond acceptors (Lipinski definition) is 6. The van der Waals surface area contributed by atoms with E-state index in [0.717, 1.165) is 23.4 Å². The molecule has 1 atom stereocenters. The molecule has 0 radical (unpaired) electrons. The van der Waals surface area contributed by atoms with Crippen LogP contribution in [-0.4, -0.2) is 23.5 Å². The van der Waals surface area contributed by atoms with Gasteiger partial charge in [0.15, 0.2) is 5.13 Å². The maximum atomic E-state index is 12.0. The molecule has 2 heterocycles. The number of fused-ring (bicyclic) bond motifs is 1. The van der Waals surface area contributed by atoms with Gasteiger partial charge in [-0.25, -0.2) is 4.98 Å². The number of aryl methyl sites for hydroxylation is 1. The molecule has 1 N–H and O–H groups in total. The molecule has 3 rings (SSSR count). The molecule has 2 aromatic rings. The topological polar surface area (TPSA) is 68.3 Å². The van der Waals surface area contributed by atoms with Crippen LogP contribution in [0.25, 0.3) is 0 Å². The number of hydrogen-bond donors (Lipinski definition) is 1. The summed E-state index contributed by atoms with van der Waals surface area (Å²) in [6.07, 6.45) is 2.17. The second-order valence-corrected chi connectivity index (χ2v) is 7.04. The van der Waals surface area contributed by atoms with E-state index in [4.69, 9.17) is 4.74 Å². The van der Waals surface area contributed by atoms with Gasteiger partial charge in [0.05, 0.1) is 23.1 Å². The molecule has 1 aliphatic rings. The Morgan fingerprint density at radius 3 is 3.09 bits per heavy atom. The van der Waals surface area contributed by atoms with Gasteiger partial charge in [-0.2, -0.15) is 0 Å². The Bertz CT molecular complexity index is 679. The Balaban J connectivity index is 1.68. The number of anilines is 1. The van der Waals surface area contributed by atoms with Crippen molar-refractivity contribution in [2.45, 2.75) is 26.2 Å². The van der Waals surface area contributed by atoms with Crippen molar-refractivity contribution in [2.24, 2.45) is 5.92 Å². The number of thiophene rings is 1. The number of amides is 1. The number of aromatic nitrogens is 1. The van der Waals surface area contributed by atoms with Crippen molar-refractivity contribution in [2.75, 3.05) is 11.9 Å². The van der Waals surface area contributed by atoms with Crippen LogP contribution in [0.5, 0.6) is 0 Å². The maximum absolute atomic E-state index is 12.0. The van der Waals surface area contributed by atoms with Crippen LogP contribution >= 0.6 is 22.7 Å². The highest BCUT2D eigenvalue weighted by Crippen LogP contribution is 2.33. The molecule has 1 amide bonds. The molecule has 1 aliphatic carbocycles. The van der Waals surface area contributed by atoms with Crippen LogP contribution in [0.4, 0.5) is 5.13 Å². The zero-order chi connectivity index (χ0) is 15.5. The molecule has 1 unspecified atom stereocenters. The van der Waals surface area contributed by atoms with Crippen LogP contribution in [0.2, 0.25) is 0 Å². The first-order valence-electron chi connectivity index (χ1n) is 7.17. The van der Waals surface area contributed by atoms with Gasteiger partial charge < -0.3 is 4.74 Å². The Morgan fingerprint density at radius 2 is 2.36 bits per heavy atom. The van der Waals surface area contributed by atoms with Gasteiger partial charge in [0.25, 0.3) is 5.91 Å². The Labute approximate surface area is 136 Å². The summed E-state index contributed by atoms with van der Waals surface area (Å²) in [7, 11) is 0. The van der Waals surface area contributed by atoms with E-state index < -0.39 is 0 Å². The summed E-state index contributed by atoms with van der Waals surface area (Å²) in [5, 5.41) is 5.30. The number of thiazole rings is 1. The van der Waals surface area contributed by atoms with Gasteiger partial charge in [-0.15, -0.1) is 22.7 Å². The van der Waals surface area contributed by atoms with Gasteiger partial charge in [-0.05, 0) is 37.6 Å². The molecule has 0 aromatic carbocycles. The lowest BCUT2D eigenvalue weighted by Crippen LogP contribution is -2.24. The minimum absolute atomic E-state index is 0.0891. The molecule has 0 saturated heterocycles. The molecule has 0 aliphatic heterocycles. The number of nitrogens with one attached hydrogen (secondary N) is 1. The van der Waals surface area contributed by atoms with Crippen molar-refractivity contribution in [3.63, 3.8) is 0 Å². The lowest BCUT2D eigenvalue weighted by atomic mass is 9.91. The Morgan fingerprint density at radius 1 is 1.50 bits per heavy atom. The van der Waals surface area contributed by atoms with E-state index in [1.165, 1.54) is 22.7 Å². The predicted molar refractivity (Wildman–Crippen MR) is 86.5 cm³/mol. The number of esters is 1. The largest absolute Gasteiger partial charge is 0.466 e. The minimum atomic E-state index is -0.136. The number of rotatable bonds is 4. The van der Waals surface area contributed by atoms with Crippen LogP contribution in [0, 0.1) is 5.92 Å². The van der Waals surface area contributed by atoms with Crippen LogP contribution in [0.3, 0.4) is 0 Å². The van der Waals surface area contributed by atoms with E-state index in [-0.39, 0.29) is 17.8 Å². The fourth-order valence-corrected chi connectivity index (χ4v) is 4.16. The molecular formula is C15H16N2O3S2. The number of carbonyl (C=O) groups excluding carboxylic acids is 2. The SMILES string of the molecule is CCOC(=O)C1CCc2nc(NC(=O)c3cccs3)sc2C1. The molecule has 22 heavy (non-hydrogen) atoms. The van der Waals surface area contributed by atoms with Crippen LogP contribution in [0.1, 0.15) is 33.6 Å². The fourth-order valence-electron chi connectivity index (χ4n) is 2.46. The van der Waals surface area contributed by atoms with Crippen molar-refractivity contribution >= 4 is 39.7 Å². The maximum Gasteiger partial charge on any atom is 0.309 e. The smallest absolute Gasteiger partial charge is 0.309 e.